The number of nitrogens with one attached hydrogen (secondary N) is 2. The number of carbonyl (C=O) groups is 2. The van der Waals surface area contributed by atoms with E-state index in [0.29, 0.717) is 5.56 Å². The van der Waals surface area contributed by atoms with Gasteiger partial charge in [0.25, 0.3) is 5.91 Å². The molecule has 2 atom stereocenters. The Morgan fingerprint density at radius 1 is 1.25 bits per heavy atom. The van der Waals surface area contributed by atoms with Crippen molar-refractivity contribution in [2.45, 2.75) is 19.9 Å². The number of hydrogen-bond donors (Lipinski definition) is 3. The number of benzene rings is 1. The molecule has 2 amide bonds. The smallest absolute Gasteiger partial charge is 0.251 e. The van der Waals surface area contributed by atoms with Crippen LogP contribution in [0.25, 0.3) is 0 Å². The van der Waals surface area contributed by atoms with Crippen molar-refractivity contribution in [3.05, 3.63) is 34.3 Å². The molecule has 0 saturated heterocycles. The maximum absolute atomic E-state index is 11.8. The van der Waals surface area contributed by atoms with Crippen LogP contribution in [0.4, 0.5) is 0 Å². The van der Waals surface area contributed by atoms with Gasteiger partial charge < -0.3 is 15.7 Å². The number of hydrogen-bond acceptors (Lipinski definition) is 3. The zero-order valence-electron chi connectivity index (χ0n) is 11.5. The molecule has 20 heavy (non-hydrogen) atoms. The third-order valence-electron chi connectivity index (χ3n) is 3.05. The lowest BCUT2D eigenvalue weighted by molar-refractivity contribution is -0.121. The average molecular weight is 343 g/mol. The molecule has 0 bridgehead atoms. The normalized spacial score (nSPS) is 13.4. The predicted molar refractivity (Wildman–Crippen MR) is 80.3 cm³/mol. The molecule has 1 rings (SSSR count). The molecule has 6 heteroatoms. The van der Waals surface area contributed by atoms with E-state index in [0.717, 1.165) is 4.47 Å². The van der Waals surface area contributed by atoms with Gasteiger partial charge in [0.15, 0.2) is 0 Å². The molecule has 2 unspecified atom stereocenters. The third kappa shape index (κ3) is 5.30. The summed E-state index contributed by atoms with van der Waals surface area (Å²) >= 11 is 3.29. The van der Waals surface area contributed by atoms with Crippen LogP contribution in [0.5, 0.6) is 0 Å². The van der Waals surface area contributed by atoms with Crippen LogP contribution in [-0.4, -0.2) is 36.1 Å². The standard InChI is InChI=1S/C14H19BrN2O3/c1-9(8-18)10(2)17-13(19)7-16-14(20)11-3-5-12(15)6-4-11/h3-6,9-10,18H,7-8H2,1-2H3,(H,16,20)(H,17,19). The Morgan fingerprint density at radius 3 is 2.40 bits per heavy atom. The fourth-order valence-electron chi connectivity index (χ4n) is 1.47. The second kappa shape index (κ2) is 8.01. The second-order valence-corrected chi connectivity index (χ2v) is 5.62. The SMILES string of the molecule is CC(CO)C(C)NC(=O)CNC(=O)c1ccc(Br)cc1. The summed E-state index contributed by atoms with van der Waals surface area (Å²) in [6.07, 6.45) is 0. The monoisotopic (exact) mass is 342 g/mol. The molecule has 0 spiro atoms. The summed E-state index contributed by atoms with van der Waals surface area (Å²) < 4.78 is 0.888. The highest BCUT2D eigenvalue weighted by Crippen LogP contribution is 2.10. The molecule has 0 radical (unpaired) electrons. The van der Waals surface area contributed by atoms with Gasteiger partial charge in [-0.15, -0.1) is 0 Å². The van der Waals surface area contributed by atoms with E-state index in [1.807, 2.05) is 13.8 Å². The summed E-state index contributed by atoms with van der Waals surface area (Å²) in [5.74, 6) is -0.597. The van der Waals surface area contributed by atoms with Crippen molar-refractivity contribution in [1.29, 1.82) is 0 Å². The number of aliphatic hydroxyl groups excluding tert-OH is 1. The summed E-state index contributed by atoms with van der Waals surface area (Å²) in [5.41, 5.74) is 0.498. The van der Waals surface area contributed by atoms with Gasteiger partial charge in [-0.05, 0) is 37.1 Å². The molecular weight excluding hydrogens is 324 g/mol. The number of halogens is 1. The van der Waals surface area contributed by atoms with Gasteiger partial charge in [0.05, 0.1) is 6.54 Å². The first-order valence-corrected chi connectivity index (χ1v) is 7.17. The van der Waals surface area contributed by atoms with E-state index in [-0.39, 0.29) is 36.9 Å². The molecule has 1 aromatic rings. The average Bonchev–Trinajstić information content (AvgIpc) is 2.44. The Morgan fingerprint density at radius 2 is 1.85 bits per heavy atom. The second-order valence-electron chi connectivity index (χ2n) is 4.71. The first-order chi connectivity index (χ1) is 9.43. The van der Waals surface area contributed by atoms with Crippen LogP contribution < -0.4 is 10.6 Å². The minimum atomic E-state index is -0.296. The van der Waals surface area contributed by atoms with Crippen LogP contribution in [0, 0.1) is 5.92 Å². The summed E-state index contributed by atoms with van der Waals surface area (Å²) in [6.45, 7) is 3.57. The Kier molecular flexibility index (Phi) is 6.67. The van der Waals surface area contributed by atoms with E-state index >= 15 is 0 Å². The minimum Gasteiger partial charge on any atom is -0.396 e. The van der Waals surface area contributed by atoms with Gasteiger partial charge in [-0.25, -0.2) is 0 Å². The third-order valence-corrected chi connectivity index (χ3v) is 3.57. The summed E-state index contributed by atoms with van der Waals surface area (Å²) in [7, 11) is 0. The van der Waals surface area contributed by atoms with Crippen molar-refractivity contribution in [1.82, 2.24) is 10.6 Å². The molecule has 0 saturated carbocycles. The molecule has 0 aliphatic rings. The molecule has 5 nitrogen and oxygen atoms in total. The van der Waals surface area contributed by atoms with Crippen LogP contribution in [0.1, 0.15) is 24.2 Å². The quantitative estimate of drug-likeness (QED) is 0.729. The Balaban J connectivity index is 2.41. The van der Waals surface area contributed by atoms with E-state index in [9.17, 15) is 9.59 Å². The zero-order valence-corrected chi connectivity index (χ0v) is 13.1. The molecule has 0 fully saturated rings. The maximum Gasteiger partial charge on any atom is 0.251 e. The van der Waals surface area contributed by atoms with Gasteiger partial charge in [0, 0.05) is 22.7 Å². The van der Waals surface area contributed by atoms with Gasteiger partial charge in [-0.1, -0.05) is 22.9 Å². The van der Waals surface area contributed by atoms with E-state index in [1.165, 1.54) is 0 Å². The summed E-state index contributed by atoms with van der Waals surface area (Å²) in [5, 5.41) is 14.3. The minimum absolute atomic E-state index is 0.00665. The lowest BCUT2D eigenvalue weighted by atomic mass is 10.1. The zero-order chi connectivity index (χ0) is 15.1. The van der Waals surface area contributed by atoms with E-state index in [2.05, 4.69) is 26.6 Å². The highest BCUT2D eigenvalue weighted by molar-refractivity contribution is 9.10. The molecule has 110 valence electrons. The van der Waals surface area contributed by atoms with Crippen LogP contribution in [0.2, 0.25) is 0 Å². The van der Waals surface area contributed by atoms with E-state index in [4.69, 9.17) is 5.11 Å². The van der Waals surface area contributed by atoms with Gasteiger partial charge in [-0.2, -0.15) is 0 Å². The van der Waals surface area contributed by atoms with Crippen molar-refractivity contribution in [3.8, 4) is 0 Å². The molecule has 1 aromatic carbocycles. The summed E-state index contributed by atoms with van der Waals surface area (Å²) in [6, 6.07) is 6.73. The molecule has 0 aromatic heterocycles. The molecule has 0 aliphatic carbocycles. The number of aliphatic hydroxyl groups is 1. The Labute approximate surface area is 126 Å². The summed E-state index contributed by atoms with van der Waals surface area (Å²) in [4.78, 5) is 23.4. The van der Waals surface area contributed by atoms with Crippen LogP contribution >= 0.6 is 15.9 Å². The van der Waals surface area contributed by atoms with Crippen LogP contribution in [0.3, 0.4) is 0 Å². The Hall–Kier alpha value is -1.40. The lowest BCUT2D eigenvalue weighted by Crippen LogP contribution is -2.43. The fraction of sp³-hybridized carbons (Fsp3) is 0.429. The van der Waals surface area contributed by atoms with Gasteiger partial charge in [0.2, 0.25) is 5.91 Å². The molecule has 0 heterocycles. The van der Waals surface area contributed by atoms with Crippen molar-refractivity contribution in [2.24, 2.45) is 5.92 Å². The first-order valence-electron chi connectivity index (χ1n) is 6.38. The first kappa shape index (κ1) is 16.7. The van der Waals surface area contributed by atoms with Crippen molar-refractivity contribution in [3.63, 3.8) is 0 Å². The molecular formula is C14H19BrN2O3. The Bertz CT molecular complexity index is 462. The van der Waals surface area contributed by atoms with Crippen molar-refractivity contribution in [2.75, 3.05) is 13.2 Å². The predicted octanol–water partition coefficient (Wildman–Crippen LogP) is 1.31. The lowest BCUT2D eigenvalue weighted by Gasteiger charge is -2.19. The van der Waals surface area contributed by atoms with E-state index < -0.39 is 0 Å². The number of rotatable bonds is 6. The fourth-order valence-corrected chi connectivity index (χ4v) is 1.73. The maximum atomic E-state index is 11.8. The molecule has 3 N–H and O–H groups in total. The highest BCUT2D eigenvalue weighted by atomic mass is 79.9. The number of carbonyl (C=O) groups excluding carboxylic acids is 2. The van der Waals surface area contributed by atoms with E-state index in [1.54, 1.807) is 24.3 Å². The van der Waals surface area contributed by atoms with Crippen LogP contribution in [0.15, 0.2) is 28.7 Å². The topological polar surface area (TPSA) is 78.4 Å². The van der Waals surface area contributed by atoms with Crippen molar-refractivity contribution < 1.29 is 14.7 Å². The largest absolute Gasteiger partial charge is 0.396 e. The molecule has 0 aliphatic heterocycles. The van der Waals surface area contributed by atoms with Gasteiger partial charge in [-0.3, -0.25) is 9.59 Å². The highest BCUT2D eigenvalue weighted by Gasteiger charge is 2.14. The van der Waals surface area contributed by atoms with Crippen molar-refractivity contribution >= 4 is 27.7 Å². The van der Waals surface area contributed by atoms with Crippen LogP contribution in [-0.2, 0) is 4.79 Å². The van der Waals surface area contributed by atoms with Gasteiger partial charge in [0.1, 0.15) is 0 Å². The van der Waals surface area contributed by atoms with Gasteiger partial charge >= 0.3 is 0 Å². The number of amides is 2.